The maximum atomic E-state index is 13.3. The molecule has 7 heteroatoms. The fourth-order valence-electron chi connectivity index (χ4n) is 3.52. The average Bonchev–Trinajstić information content (AvgIpc) is 3.29. The number of benzene rings is 3. The summed E-state index contributed by atoms with van der Waals surface area (Å²) in [6, 6.07) is 22.9. The predicted octanol–water partition coefficient (Wildman–Crippen LogP) is 7.89. The van der Waals surface area contributed by atoms with Crippen molar-refractivity contribution in [3.63, 3.8) is 0 Å². The Hall–Kier alpha value is -3.25. The van der Waals surface area contributed by atoms with Gasteiger partial charge in [0.15, 0.2) is 5.13 Å². The Balaban J connectivity index is 1.49. The fraction of sp³-hybridized carbons (Fsp3) is 0.0385. The number of rotatable bonds is 4. The van der Waals surface area contributed by atoms with Crippen molar-refractivity contribution < 1.29 is 4.79 Å². The molecule has 0 radical (unpaired) electrons. The summed E-state index contributed by atoms with van der Waals surface area (Å²) in [5.41, 5.74) is 5.72. The molecule has 5 aromatic rings. The van der Waals surface area contributed by atoms with E-state index in [1.807, 2.05) is 73.0 Å². The minimum absolute atomic E-state index is 0.239. The van der Waals surface area contributed by atoms with Gasteiger partial charge in [-0.05, 0) is 31.2 Å². The number of halogens is 2. The first-order chi connectivity index (χ1) is 16.0. The van der Waals surface area contributed by atoms with Gasteiger partial charge in [0.05, 0.1) is 32.5 Å². The van der Waals surface area contributed by atoms with Crippen molar-refractivity contribution in [1.82, 2.24) is 9.97 Å². The molecule has 0 fully saturated rings. The van der Waals surface area contributed by atoms with Gasteiger partial charge in [-0.15, -0.1) is 11.3 Å². The molecule has 0 spiro atoms. The first-order valence-corrected chi connectivity index (χ1v) is 11.8. The standard InChI is InChI=1S/C26H17Cl2N3OS/c1-15-6-8-16(9-7-15)23-13-19(18-4-2-3-5-22(18)29-23)25(32)31-26-30-24(14-33-26)17-10-11-20(27)21(28)12-17/h2-14H,1H3,(H,30,31,32). The van der Waals surface area contributed by atoms with Crippen LogP contribution in [0.15, 0.2) is 78.2 Å². The highest BCUT2D eigenvalue weighted by atomic mass is 35.5. The van der Waals surface area contributed by atoms with E-state index >= 15 is 0 Å². The molecule has 2 heterocycles. The third-order valence-corrected chi connectivity index (χ3v) is 6.74. The first-order valence-electron chi connectivity index (χ1n) is 10.2. The van der Waals surface area contributed by atoms with Crippen LogP contribution in [-0.4, -0.2) is 15.9 Å². The zero-order valence-electron chi connectivity index (χ0n) is 17.5. The largest absolute Gasteiger partial charge is 0.298 e. The molecule has 0 aliphatic carbocycles. The van der Waals surface area contributed by atoms with E-state index < -0.39 is 0 Å². The van der Waals surface area contributed by atoms with Crippen molar-refractivity contribution in [1.29, 1.82) is 0 Å². The lowest BCUT2D eigenvalue weighted by atomic mass is 10.0. The average molecular weight is 490 g/mol. The second kappa shape index (κ2) is 8.94. The maximum absolute atomic E-state index is 13.3. The predicted molar refractivity (Wildman–Crippen MR) is 137 cm³/mol. The smallest absolute Gasteiger partial charge is 0.258 e. The van der Waals surface area contributed by atoms with Crippen LogP contribution < -0.4 is 5.32 Å². The lowest BCUT2D eigenvalue weighted by Crippen LogP contribution is -2.13. The van der Waals surface area contributed by atoms with Gasteiger partial charge in [-0.1, -0.05) is 77.3 Å². The van der Waals surface area contributed by atoms with Gasteiger partial charge < -0.3 is 0 Å². The summed E-state index contributed by atoms with van der Waals surface area (Å²) in [6.07, 6.45) is 0. The van der Waals surface area contributed by atoms with Gasteiger partial charge in [-0.25, -0.2) is 9.97 Å². The summed E-state index contributed by atoms with van der Waals surface area (Å²) in [5, 5.41) is 7.03. The summed E-state index contributed by atoms with van der Waals surface area (Å²) in [6.45, 7) is 2.04. The van der Waals surface area contributed by atoms with E-state index in [2.05, 4.69) is 10.3 Å². The second-order valence-corrected chi connectivity index (χ2v) is 9.23. The SMILES string of the molecule is Cc1ccc(-c2cc(C(=O)Nc3nc(-c4ccc(Cl)c(Cl)c4)cs3)c3ccccc3n2)cc1. The van der Waals surface area contributed by atoms with E-state index in [9.17, 15) is 4.79 Å². The van der Waals surface area contributed by atoms with Crippen molar-refractivity contribution in [2.75, 3.05) is 5.32 Å². The van der Waals surface area contributed by atoms with Crippen molar-refractivity contribution >= 4 is 56.5 Å². The third-order valence-electron chi connectivity index (χ3n) is 5.25. The molecule has 0 aliphatic heterocycles. The van der Waals surface area contributed by atoms with Crippen LogP contribution in [0.4, 0.5) is 5.13 Å². The van der Waals surface area contributed by atoms with E-state index in [4.69, 9.17) is 28.2 Å². The molecule has 5 rings (SSSR count). The van der Waals surface area contributed by atoms with Crippen LogP contribution in [0.3, 0.4) is 0 Å². The van der Waals surface area contributed by atoms with Gasteiger partial charge in [-0.3, -0.25) is 10.1 Å². The van der Waals surface area contributed by atoms with E-state index in [0.29, 0.717) is 26.4 Å². The number of amides is 1. The van der Waals surface area contributed by atoms with Crippen molar-refractivity contribution in [3.05, 3.63) is 99.3 Å². The van der Waals surface area contributed by atoms with Gasteiger partial charge >= 0.3 is 0 Å². The minimum atomic E-state index is -0.239. The van der Waals surface area contributed by atoms with Crippen LogP contribution >= 0.6 is 34.5 Å². The number of carbonyl (C=O) groups is 1. The second-order valence-electron chi connectivity index (χ2n) is 7.56. The van der Waals surface area contributed by atoms with Crippen LogP contribution in [0, 0.1) is 6.92 Å². The Morgan fingerprint density at radius 1 is 0.848 bits per heavy atom. The number of para-hydroxylation sites is 1. The molecule has 4 nitrogen and oxygen atoms in total. The molecule has 33 heavy (non-hydrogen) atoms. The zero-order chi connectivity index (χ0) is 22.9. The van der Waals surface area contributed by atoms with Gasteiger partial charge in [0.2, 0.25) is 0 Å². The Bertz CT molecular complexity index is 1500. The highest BCUT2D eigenvalue weighted by molar-refractivity contribution is 7.14. The normalized spacial score (nSPS) is 11.0. The molecule has 162 valence electrons. The molecule has 0 saturated carbocycles. The number of carbonyl (C=O) groups excluding carboxylic acids is 1. The van der Waals surface area contributed by atoms with E-state index in [0.717, 1.165) is 27.7 Å². The molecule has 0 unspecified atom stereocenters. The monoisotopic (exact) mass is 489 g/mol. The summed E-state index contributed by atoms with van der Waals surface area (Å²) in [7, 11) is 0. The van der Waals surface area contributed by atoms with Crippen molar-refractivity contribution in [2.45, 2.75) is 6.92 Å². The molecule has 1 amide bonds. The van der Waals surface area contributed by atoms with Crippen molar-refractivity contribution in [2.24, 2.45) is 0 Å². The molecule has 3 aromatic carbocycles. The lowest BCUT2D eigenvalue weighted by molar-refractivity contribution is 0.102. The molecule has 0 saturated heterocycles. The quantitative estimate of drug-likeness (QED) is 0.279. The number of nitrogens with zero attached hydrogens (tertiary/aromatic N) is 2. The van der Waals surface area contributed by atoms with Crippen LogP contribution in [0.5, 0.6) is 0 Å². The Morgan fingerprint density at radius 2 is 1.61 bits per heavy atom. The fourth-order valence-corrected chi connectivity index (χ4v) is 4.53. The van der Waals surface area contributed by atoms with Crippen molar-refractivity contribution in [3.8, 4) is 22.5 Å². The van der Waals surface area contributed by atoms with Gasteiger partial charge in [0, 0.05) is 21.9 Å². The van der Waals surface area contributed by atoms with E-state index in [-0.39, 0.29) is 5.91 Å². The first kappa shape index (κ1) is 21.6. The topological polar surface area (TPSA) is 54.9 Å². The zero-order valence-corrected chi connectivity index (χ0v) is 19.8. The molecule has 0 aliphatic rings. The maximum Gasteiger partial charge on any atom is 0.258 e. The number of aryl methyl sites for hydroxylation is 1. The summed E-state index contributed by atoms with van der Waals surface area (Å²) in [4.78, 5) is 22.6. The summed E-state index contributed by atoms with van der Waals surface area (Å²) >= 11 is 13.5. The highest BCUT2D eigenvalue weighted by Gasteiger charge is 2.16. The highest BCUT2D eigenvalue weighted by Crippen LogP contribution is 2.31. The number of hydrogen-bond donors (Lipinski definition) is 1. The molecule has 0 atom stereocenters. The van der Waals surface area contributed by atoms with Gasteiger partial charge in [0.1, 0.15) is 0 Å². The molecule has 1 N–H and O–H groups in total. The van der Waals surface area contributed by atoms with Crippen LogP contribution in [0.2, 0.25) is 10.0 Å². The molecule has 2 aromatic heterocycles. The lowest BCUT2D eigenvalue weighted by Gasteiger charge is -2.10. The van der Waals surface area contributed by atoms with E-state index in [1.54, 1.807) is 12.1 Å². The number of aromatic nitrogens is 2. The molecular formula is C26H17Cl2N3OS. The van der Waals surface area contributed by atoms with Crippen LogP contribution in [0.1, 0.15) is 15.9 Å². The Morgan fingerprint density at radius 3 is 2.39 bits per heavy atom. The van der Waals surface area contributed by atoms with E-state index in [1.165, 1.54) is 16.9 Å². The number of nitrogens with one attached hydrogen (secondary N) is 1. The molecule has 0 bridgehead atoms. The Labute approximate surface area is 204 Å². The number of anilines is 1. The minimum Gasteiger partial charge on any atom is -0.298 e. The summed E-state index contributed by atoms with van der Waals surface area (Å²) in [5.74, 6) is -0.239. The number of pyridine rings is 1. The number of thiazole rings is 1. The Kier molecular flexibility index (Phi) is 5.85. The van der Waals surface area contributed by atoms with Gasteiger partial charge in [0.25, 0.3) is 5.91 Å². The van der Waals surface area contributed by atoms with Crippen LogP contribution in [-0.2, 0) is 0 Å². The summed E-state index contributed by atoms with van der Waals surface area (Å²) < 4.78 is 0. The molecular weight excluding hydrogens is 473 g/mol. The third kappa shape index (κ3) is 4.48. The van der Waals surface area contributed by atoms with Crippen LogP contribution in [0.25, 0.3) is 33.4 Å². The number of fused-ring (bicyclic) bond motifs is 1. The van der Waals surface area contributed by atoms with Gasteiger partial charge in [-0.2, -0.15) is 0 Å². The number of hydrogen-bond acceptors (Lipinski definition) is 4.